The van der Waals surface area contributed by atoms with Crippen LogP contribution in [0.5, 0.6) is 11.5 Å². The number of carboxylic acids is 1. The quantitative estimate of drug-likeness (QED) is 0.289. The van der Waals surface area contributed by atoms with E-state index >= 15 is 0 Å². The topological polar surface area (TPSA) is 118 Å². The first-order valence-electron chi connectivity index (χ1n) is 11.1. The van der Waals surface area contributed by atoms with Gasteiger partial charge in [0.2, 0.25) is 10.0 Å². The number of nitrogens with one attached hydrogen (secondary N) is 2. The Labute approximate surface area is 203 Å². The molecule has 0 aliphatic carbocycles. The smallest absolute Gasteiger partial charge is 0.322 e. The molecule has 0 aliphatic heterocycles. The van der Waals surface area contributed by atoms with Gasteiger partial charge in [-0.3, -0.25) is 4.79 Å². The van der Waals surface area contributed by atoms with E-state index in [2.05, 4.69) is 9.71 Å². The number of hydrogen-bond donors (Lipinski definition) is 3. The number of carboxylic acid groups (broad SMARTS) is 1. The van der Waals surface area contributed by atoms with Crippen molar-refractivity contribution in [3.05, 3.63) is 90.1 Å². The summed E-state index contributed by atoms with van der Waals surface area (Å²) in [7, 11) is -4.06. The van der Waals surface area contributed by atoms with Crippen LogP contribution in [0.4, 0.5) is 0 Å². The average Bonchev–Trinajstić information content (AvgIpc) is 3.25. The summed E-state index contributed by atoms with van der Waals surface area (Å²) in [5, 5.41) is 10.5. The number of H-pyrrole nitrogens is 1. The molecule has 1 aromatic heterocycles. The number of aromatic amines is 1. The Kier molecular flexibility index (Phi) is 7.38. The second kappa shape index (κ2) is 10.6. The van der Waals surface area contributed by atoms with Crippen molar-refractivity contribution >= 4 is 26.9 Å². The van der Waals surface area contributed by atoms with Crippen molar-refractivity contribution in [2.24, 2.45) is 0 Å². The lowest BCUT2D eigenvalue weighted by molar-refractivity contribution is -0.138. The molecule has 4 aromatic rings. The van der Waals surface area contributed by atoms with E-state index in [1.54, 1.807) is 6.20 Å². The fourth-order valence-corrected chi connectivity index (χ4v) is 4.88. The van der Waals surface area contributed by atoms with Crippen LogP contribution in [0.3, 0.4) is 0 Å². The summed E-state index contributed by atoms with van der Waals surface area (Å²) in [6.07, 6.45) is 1.64. The minimum atomic E-state index is -4.06. The molecule has 182 valence electrons. The number of rotatable bonds is 11. The molecule has 9 heteroatoms. The summed E-state index contributed by atoms with van der Waals surface area (Å²) in [5.41, 5.74) is 2.48. The Morgan fingerprint density at radius 2 is 1.71 bits per heavy atom. The molecule has 0 saturated carbocycles. The van der Waals surface area contributed by atoms with Crippen LogP contribution in [0.25, 0.3) is 10.9 Å². The monoisotopic (exact) mass is 494 g/mol. The average molecular weight is 495 g/mol. The SMILES string of the molecule is CCOc1ccc(S(=O)(=O)NC(Cc2c[nH]c3ccc(OCc4ccccc4)cc23)C(=O)O)cc1. The van der Waals surface area contributed by atoms with Crippen molar-refractivity contribution in [3.8, 4) is 11.5 Å². The second-order valence-corrected chi connectivity index (χ2v) is 9.63. The molecule has 0 amide bonds. The highest BCUT2D eigenvalue weighted by Gasteiger charge is 2.26. The molecule has 0 bridgehead atoms. The van der Waals surface area contributed by atoms with Crippen molar-refractivity contribution in [2.75, 3.05) is 6.61 Å². The maximum atomic E-state index is 12.8. The maximum absolute atomic E-state index is 12.8. The first kappa shape index (κ1) is 24.3. The molecule has 0 aliphatic rings. The lowest BCUT2D eigenvalue weighted by Gasteiger charge is -2.15. The molecule has 0 spiro atoms. The molecular formula is C26H26N2O6S. The molecule has 35 heavy (non-hydrogen) atoms. The third-order valence-electron chi connectivity index (χ3n) is 5.45. The van der Waals surface area contributed by atoms with E-state index in [0.29, 0.717) is 30.3 Å². The first-order chi connectivity index (χ1) is 16.9. The molecule has 0 fully saturated rings. The summed E-state index contributed by atoms with van der Waals surface area (Å²) >= 11 is 0. The number of fused-ring (bicyclic) bond motifs is 1. The zero-order chi connectivity index (χ0) is 24.8. The third-order valence-corrected chi connectivity index (χ3v) is 6.94. The van der Waals surface area contributed by atoms with Crippen molar-refractivity contribution in [2.45, 2.75) is 30.9 Å². The zero-order valence-corrected chi connectivity index (χ0v) is 19.9. The van der Waals surface area contributed by atoms with E-state index in [1.165, 1.54) is 24.3 Å². The Hall–Kier alpha value is -3.82. The first-order valence-corrected chi connectivity index (χ1v) is 12.6. The van der Waals surface area contributed by atoms with Gasteiger partial charge >= 0.3 is 5.97 Å². The Morgan fingerprint density at radius 1 is 1.00 bits per heavy atom. The highest BCUT2D eigenvalue weighted by atomic mass is 32.2. The van der Waals surface area contributed by atoms with Gasteiger partial charge in [-0.15, -0.1) is 0 Å². The summed E-state index contributed by atoms with van der Waals surface area (Å²) < 4.78 is 39.2. The number of ether oxygens (including phenoxy) is 2. The lowest BCUT2D eigenvalue weighted by Crippen LogP contribution is -2.42. The molecule has 3 aromatic carbocycles. The fraction of sp³-hybridized carbons (Fsp3) is 0.192. The standard InChI is InChI=1S/C26H26N2O6S/c1-2-33-20-8-11-22(12-9-20)35(31,32)28-25(26(29)30)14-19-16-27-24-13-10-21(15-23(19)24)34-17-18-6-4-3-5-7-18/h3-13,15-16,25,27-28H,2,14,17H2,1H3,(H,29,30). The Morgan fingerprint density at radius 3 is 2.40 bits per heavy atom. The van der Waals surface area contributed by atoms with Gasteiger partial charge in [0.1, 0.15) is 24.1 Å². The van der Waals surface area contributed by atoms with Gasteiger partial charge in [-0.1, -0.05) is 30.3 Å². The molecule has 1 unspecified atom stereocenters. The minimum Gasteiger partial charge on any atom is -0.494 e. The van der Waals surface area contributed by atoms with Crippen LogP contribution < -0.4 is 14.2 Å². The van der Waals surface area contributed by atoms with Crippen LogP contribution in [-0.4, -0.2) is 37.1 Å². The van der Waals surface area contributed by atoms with E-state index in [4.69, 9.17) is 9.47 Å². The molecule has 0 radical (unpaired) electrons. The van der Waals surface area contributed by atoms with Gasteiger partial charge in [0.15, 0.2) is 0 Å². The van der Waals surface area contributed by atoms with Crippen LogP contribution in [0.1, 0.15) is 18.1 Å². The normalized spacial score (nSPS) is 12.4. The largest absolute Gasteiger partial charge is 0.494 e. The third kappa shape index (κ3) is 6.00. The van der Waals surface area contributed by atoms with E-state index in [1.807, 2.05) is 55.5 Å². The molecule has 4 rings (SSSR count). The molecule has 8 nitrogen and oxygen atoms in total. The number of aromatic nitrogens is 1. The van der Waals surface area contributed by atoms with E-state index in [0.717, 1.165) is 16.5 Å². The van der Waals surface area contributed by atoms with Crippen molar-refractivity contribution in [1.82, 2.24) is 9.71 Å². The van der Waals surface area contributed by atoms with E-state index < -0.39 is 22.0 Å². The molecule has 1 heterocycles. The molecule has 0 saturated heterocycles. The number of hydrogen-bond acceptors (Lipinski definition) is 5. The Bertz CT molecular complexity index is 1400. The predicted molar refractivity (Wildman–Crippen MR) is 132 cm³/mol. The fourth-order valence-electron chi connectivity index (χ4n) is 3.69. The number of sulfonamides is 1. The van der Waals surface area contributed by atoms with Gasteiger partial charge in [0, 0.05) is 23.5 Å². The predicted octanol–water partition coefficient (Wildman–Crippen LogP) is 4.12. The zero-order valence-electron chi connectivity index (χ0n) is 19.1. The van der Waals surface area contributed by atoms with Crippen LogP contribution in [0.2, 0.25) is 0 Å². The number of carbonyl (C=O) groups is 1. The highest BCUT2D eigenvalue weighted by Crippen LogP contribution is 2.26. The summed E-state index contributed by atoms with van der Waals surface area (Å²) in [6, 6.07) is 19.7. The molecule has 3 N–H and O–H groups in total. The van der Waals surface area contributed by atoms with Gasteiger partial charge in [0.05, 0.1) is 11.5 Å². The summed E-state index contributed by atoms with van der Waals surface area (Å²) in [4.78, 5) is 15.0. The van der Waals surface area contributed by atoms with Crippen molar-refractivity contribution in [1.29, 1.82) is 0 Å². The van der Waals surface area contributed by atoms with Gasteiger partial charge in [-0.2, -0.15) is 4.72 Å². The van der Waals surface area contributed by atoms with Gasteiger partial charge in [-0.25, -0.2) is 8.42 Å². The summed E-state index contributed by atoms with van der Waals surface area (Å²) in [6.45, 7) is 2.67. The molecular weight excluding hydrogens is 468 g/mol. The van der Waals surface area contributed by atoms with Crippen LogP contribution in [-0.2, 0) is 27.8 Å². The van der Waals surface area contributed by atoms with Gasteiger partial charge in [0.25, 0.3) is 0 Å². The summed E-state index contributed by atoms with van der Waals surface area (Å²) in [5.74, 6) is -0.111. The lowest BCUT2D eigenvalue weighted by atomic mass is 10.1. The van der Waals surface area contributed by atoms with Crippen LogP contribution >= 0.6 is 0 Å². The molecule has 1 atom stereocenters. The van der Waals surface area contributed by atoms with Gasteiger partial charge < -0.3 is 19.6 Å². The maximum Gasteiger partial charge on any atom is 0.322 e. The van der Waals surface area contributed by atoms with Crippen LogP contribution in [0.15, 0.2) is 83.9 Å². The van der Waals surface area contributed by atoms with E-state index in [-0.39, 0.29) is 11.3 Å². The van der Waals surface area contributed by atoms with E-state index in [9.17, 15) is 18.3 Å². The number of aliphatic carboxylic acids is 1. The second-order valence-electron chi connectivity index (χ2n) is 7.92. The van der Waals surface area contributed by atoms with Crippen molar-refractivity contribution < 1.29 is 27.8 Å². The van der Waals surface area contributed by atoms with Crippen LogP contribution in [0, 0.1) is 0 Å². The number of benzene rings is 3. The Balaban J connectivity index is 1.51. The highest BCUT2D eigenvalue weighted by molar-refractivity contribution is 7.89. The minimum absolute atomic E-state index is 0.0391. The van der Waals surface area contributed by atoms with Gasteiger partial charge in [-0.05, 0) is 60.5 Å². The van der Waals surface area contributed by atoms with Crippen molar-refractivity contribution in [3.63, 3.8) is 0 Å².